The molecular formula is C15H22O4. The van der Waals surface area contributed by atoms with E-state index in [1.54, 1.807) is 6.92 Å². The molecule has 0 amide bonds. The molecule has 0 spiro atoms. The lowest BCUT2D eigenvalue weighted by atomic mass is 9.98. The Morgan fingerprint density at radius 2 is 2.16 bits per heavy atom. The van der Waals surface area contributed by atoms with Gasteiger partial charge in [-0.05, 0) is 30.5 Å². The average Bonchev–Trinajstić information content (AvgIpc) is 2.44. The third-order valence-electron chi connectivity index (χ3n) is 2.90. The summed E-state index contributed by atoms with van der Waals surface area (Å²) in [6.07, 6.45) is 0.579. The number of hydrogen-bond donors (Lipinski definition) is 1. The van der Waals surface area contributed by atoms with Gasteiger partial charge in [0.1, 0.15) is 5.75 Å². The predicted molar refractivity (Wildman–Crippen MR) is 73.0 cm³/mol. The predicted octanol–water partition coefficient (Wildman–Crippen LogP) is 2.71. The van der Waals surface area contributed by atoms with Crippen LogP contribution in [-0.2, 0) is 9.53 Å². The van der Waals surface area contributed by atoms with Crippen molar-refractivity contribution < 1.29 is 19.4 Å². The van der Waals surface area contributed by atoms with Crippen molar-refractivity contribution in [1.29, 1.82) is 0 Å². The number of rotatable bonds is 7. The zero-order valence-electron chi connectivity index (χ0n) is 11.8. The third-order valence-corrected chi connectivity index (χ3v) is 2.90. The molecule has 0 aliphatic heterocycles. The fourth-order valence-electron chi connectivity index (χ4n) is 1.80. The fourth-order valence-corrected chi connectivity index (χ4v) is 1.80. The van der Waals surface area contributed by atoms with Crippen LogP contribution in [0.4, 0.5) is 0 Å². The Balaban J connectivity index is 2.65. The van der Waals surface area contributed by atoms with Gasteiger partial charge in [-0.2, -0.15) is 0 Å². The lowest BCUT2D eigenvalue weighted by Crippen LogP contribution is -2.16. The Hall–Kier alpha value is -1.55. The minimum absolute atomic E-state index is 0.308. The molecule has 0 aliphatic rings. The molecule has 1 aromatic carbocycles. The molecule has 2 atom stereocenters. The largest absolute Gasteiger partial charge is 0.494 e. The lowest BCUT2D eigenvalue weighted by molar-refractivity contribution is -0.145. The molecule has 4 heteroatoms. The molecule has 106 valence electrons. The topological polar surface area (TPSA) is 55.8 Å². The van der Waals surface area contributed by atoms with Crippen LogP contribution in [0.25, 0.3) is 0 Å². The summed E-state index contributed by atoms with van der Waals surface area (Å²) in [5, 5.41) is 10.1. The Bertz CT molecular complexity index is 403. The van der Waals surface area contributed by atoms with Crippen LogP contribution in [0, 0.1) is 5.92 Å². The van der Waals surface area contributed by atoms with E-state index in [2.05, 4.69) is 4.74 Å². The van der Waals surface area contributed by atoms with Crippen molar-refractivity contribution in [1.82, 2.24) is 0 Å². The maximum Gasteiger partial charge on any atom is 0.308 e. The molecule has 0 saturated heterocycles. The first-order valence-corrected chi connectivity index (χ1v) is 6.57. The number of methoxy groups -OCH3 is 1. The van der Waals surface area contributed by atoms with Crippen molar-refractivity contribution in [3.63, 3.8) is 0 Å². The van der Waals surface area contributed by atoms with Crippen LogP contribution in [0.3, 0.4) is 0 Å². The summed E-state index contributed by atoms with van der Waals surface area (Å²) in [4.78, 5) is 11.3. The van der Waals surface area contributed by atoms with E-state index in [4.69, 9.17) is 4.74 Å². The fraction of sp³-hybridized carbons (Fsp3) is 0.533. The van der Waals surface area contributed by atoms with Gasteiger partial charge < -0.3 is 14.6 Å². The molecule has 0 bridgehead atoms. The van der Waals surface area contributed by atoms with E-state index in [0.29, 0.717) is 13.0 Å². The van der Waals surface area contributed by atoms with Crippen molar-refractivity contribution in [2.45, 2.75) is 32.8 Å². The maximum atomic E-state index is 11.3. The van der Waals surface area contributed by atoms with E-state index in [1.165, 1.54) is 7.11 Å². The van der Waals surface area contributed by atoms with Gasteiger partial charge in [0, 0.05) is 0 Å². The highest BCUT2D eigenvalue weighted by atomic mass is 16.5. The van der Waals surface area contributed by atoms with E-state index in [9.17, 15) is 9.90 Å². The molecular weight excluding hydrogens is 244 g/mol. The maximum absolute atomic E-state index is 11.3. The highest BCUT2D eigenvalue weighted by Crippen LogP contribution is 2.25. The number of benzene rings is 1. The SMILES string of the molecule is CCCOc1cccc(C(O)CC(C)C(=O)OC)c1. The summed E-state index contributed by atoms with van der Waals surface area (Å²) in [7, 11) is 1.35. The summed E-state index contributed by atoms with van der Waals surface area (Å²) in [5.74, 6) is 0.0989. The second-order valence-corrected chi connectivity index (χ2v) is 4.60. The normalized spacial score (nSPS) is 13.7. The number of ether oxygens (including phenoxy) is 2. The smallest absolute Gasteiger partial charge is 0.308 e. The van der Waals surface area contributed by atoms with Crippen LogP contribution in [0.2, 0.25) is 0 Å². The molecule has 0 saturated carbocycles. The van der Waals surface area contributed by atoms with Gasteiger partial charge in [0.2, 0.25) is 0 Å². The molecule has 1 aromatic rings. The van der Waals surface area contributed by atoms with Crippen LogP contribution in [0.5, 0.6) is 5.75 Å². The summed E-state index contributed by atoms with van der Waals surface area (Å²) >= 11 is 0. The summed E-state index contributed by atoms with van der Waals surface area (Å²) in [6.45, 7) is 4.43. The van der Waals surface area contributed by atoms with Crippen molar-refractivity contribution in [3.05, 3.63) is 29.8 Å². The number of carbonyl (C=O) groups excluding carboxylic acids is 1. The number of carbonyl (C=O) groups is 1. The quantitative estimate of drug-likeness (QED) is 0.771. The van der Waals surface area contributed by atoms with Gasteiger partial charge >= 0.3 is 5.97 Å². The van der Waals surface area contributed by atoms with E-state index >= 15 is 0 Å². The Morgan fingerprint density at radius 3 is 2.79 bits per heavy atom. The lowest BCUT2D eigenvalue weighted by Gasteiger charge is -2.16. The monoisotopic (exact) mass is 266 g/mol. The molecule has 0 aliphatic carbocycles. The second kappa shape index (κ2) is 7.79. The van der Waals surface area contributed by atoms with Gasteiger partial charge in [0.15, 0.2) is 0 Å². The van der Waals surface area contributed by atoms with Crippen LogP contribution >= 0.6 is 0 Å². The summed E-state index contributed by atoms with van der Waals surface area (Å²) in [5.41, 5.74) is 0.754. The average molecular weight is 266 g/mol. The number of hydrogen-bond acceptors (Lipinski definition) is 4. The Labute approximate surface area is 114 Å². The van der Waals surface area contributed by atoms with Gasteiger partial charge in [0.05, 0.1) is 25.7 Å². The molecule has 19 heavy (non-hydrogen) atoms. The summed E-state index contributed by atoms with van der Waals surface area (Å²) < 4.78 is 10.2. The first-order chi connectivity index (χ1) is 9.08. The highest BCUT2D eigenvalue weighted by molar-refractivity contribution is 5.71. The second-order valence-electron chi connectivity index (χ2n) is 4.60. The zero-order valence-corrected chi connectivity index (χ0v) is 11.8. The molecule has 4 nitrogen and oxygen atoms in total. The minimum Gasteiger partial charge on any atom is -0.494 e. The highest BCUT2D eigenvalue weighted by Gasteiger charge is 2.19. The van der Waals surface area contributed by atoms with Gasteiger partial charge in [-0.15, -0.1) is 0 Å². The van der Waals surface area contributed by atoms with Crippen molar-refractivity contribution >= 4 is 5.97 Å². The Morgan fingerprint density at radius 1 is 1.42 bits per heavy atom. The van der Waals surface area contributed by atoms with Crippen LogP contribution < -0.4 is 4.74 Å². The van der Waals surface area contributed by atoms with E-state index < -0.39 is 6.10 Å². The molecule has 1 N–H and O–H groups in total. The molecule has 0 heterocycles. The Kier molecular flexibility index (Phi) is 6.36. The van der Waals surface area contributed by atoms with Gasteiger partial charge in [-0.3, -0.25) is 4.79 Å². The van der Waals surface area contributed by atoms with Gasteiger partial charge in [-0.1, -0.05) is 26.0 Å². The van der Waals surface area contributed by atoms with Crippen LogP contribution in [0.15, 0.2) is 24.3 Å². The van der Waals surface area contributed by atoms with Crippen molar-refractivity contribution in [2.75, 3.05) is 13.7 Å². The zero-order chi connectivity index (χ0) is 14.3. The van der Waals surface area contributed by atoms with Gasteiger partial charge in [-0.25, -0.2) is 0 Å². The molecule has 2 unspecified atom stereocenters. The van der Waals surface area contributed by atoms with E-state index in [0.717, 1.165) is 17.7 Å². The number of esters is 1. The van der Waals surface area contributed by atoms with Crippen molar-refractivity contribution in [3.8, 4) is 5.75 Å². The van der Waals surface area contributed by atoms with E-state index in [1.807, 2.05) is 31.2 Å². The van der Waals surface area contributed by atoms with E-state index in [-0.39, 0.29) is 11.9 Å². The standard InChI is InChI=1S/C15H22O4/c1-4-8-19-13-7-5-6-12(10-13)14(16)9-11(2)15(17)18-3/h5-7,10-11,14,16H,4,8-9H2,1-3H3. The first-order valence-electron chi connectivity index (χ1n) is 6.57. The number of aliphatic hydroxyl groups excluding tert-OH is 1. The van der Waals surface area contributed by atoms with Crippen LogP contribution in [-0.4, -0.2) is 24.8 Å². The molecule has 1 rings (SSSR count). The van der Waals surface area contributed by atoms with Crippen molar-refractivity contribution in [2.24, 2.45) is 5.92 Å². The molecule has 0 radical (unpaired) electrons. The number of aliphatic hydroxyl groups is 1. The van der Waals surface area contributed by atoms with Crippen LogP contribution in [0.1, 0.15) is 38.4 Å². The van der Waals surface area contributed by atoms with Gasteiger partial charge in [0.25, 0.3) is 0 Å². The molecule has 0 fully saturated rings. The minimum atomic E-state index is -0.695. The first kappa shape index (κ1) is 15.5. The summed E-state index contributed by atoms with van der Waals surface area (Å²) in [6, 6.07) is 7.33. The third kappa shape index (κ3) is 4.91. The molecule has 0 aromatic heterocycles.